The van der Waals surface area contributed by atoms with Gasteiger partial charge in [-0.1, -0.05) is 173 Å². The Hall–Kier alpha value is -1.46. The van der Waals surface area contributed by atoms with Gasteiger partial charge in [0.15, 0.2) is 6.29 Å². The van der Waals surface area contributed by atoms with Gasteiger partial charge in [-0.3, -0.25) is 9.35 Å². The van der Waals surface area contributed by atoms with Crippen molar-refractivity contribution in [1.29, 1.82) is 0 Å². The van der Waals surface area contributed by atoms with E-state index in [-0.39, 0.29) is 6.42 Å². The van der Waals surface area contributed by atoms with Gasteiger partial charge in [0.25, 0.3) is 0 Å². The van der Waals surface area contributed by atoms with E-state index in [0.29, 0.717) is 12.8 Å². The zero-order valence-electron chi connectivity index (χ0n) is 35.3. The van der Waals surface area contributed by atoms with Gasteiger partial charge in [-0.05, 0) is 32.1 Å². The molecule has 1 heterocycles. The number of allylic oxidation sites excluding steroid dienone is 3. The number of carbonyl (C=O) groups is 1. The third kappa shape index (κ3) is 27.1. The van der Waals surface area contributed by atoms with Crippen LogP contribution in [0.1, 0.15) is 181 Å². The molecule has 13 nitrogen and oxygen atoms in total. The van der Waals surface area contributed by atoms with Crippen LogP contribution in [-0.2, 0) is 28.9 Å². The molecule has 0 spiro atoms. The molecule has 14 heteroatoms. The molecule has 1 fully saturated rings. The van der Waals surface area contributed by atoms with E-state index in [2.05, 4.69) is 35.5 Å². The average Bonchev–Trinajstić information content (AvgIpc) is 3.18. The monoisotopic (exact) mass is 836 g/mol. The molecule has 8 unspecified atom stereocenters. The number of carbonyl (C=O) groups excluding carboxylic acids is 1. The Morgan fingerprint density at radius 2 is 1.18 bits per heavy atom. The van der Waals surface area contributed by atoms with Gasteiger partial charge in [0, 0.05) is 0 Å². The van der Waals surface area contributed by atoms with Crippen LogP contribution in [0.4, 0.5) is 0 Å². The smallest absolute Gasteiger partial charge is 0.394 e. The third-order valence-corrected chi connectivity index (χ3v) is 11.1. The van der Waals surface area contributed by atoms with Crippen LogP contribution >= 0.6 is 0 Å². The summed E-state index contributed by atoms with van der Waals surface area (Å²) >= 11 is 0. The summed E-state index contributed by atoms with van der Waals surface area (Å²) in [5, 5.41) is 55.0. The van der Waals surface area contributed by atoms with Crippen LogP contribution in [0, 0.1) is 0 Å². The van der Waals surface area contributed by atoms with E-state index in [1.807, 2.05) is 0 Å². The van der Waals surface area contributed by atoms with Gasteiger partial charge in [0.05, 0.1) is 25.4 Å². The highest BCUT2D eigenvalue weighted by atomic mass is 32.3. The predicted molar refractivity (Wildman–Crippen MR) is 224 cm³/mol. The van der Waals surface area contributed by atoms with Crippen molar-refractivity contribution in [3.8, 4) is 0 Å². The Kier molecular flexibility index (Phi) is 32.2. The maximum atomic E-state index is 13.1. The van der Waals surface area contributed by atoms with E-state index in [0.717, 1.165) is 38.5 Å². The van der Waals surface area contributed by atoms with Gasteiger partial charge in [0.1, 0.15) is 30.5 Å². The summed E-state index contributed by atoms with van der Waals surface area (Å²) in [6.45, 7) is 3.18. The third-order valence-electron chi connectivity index (χ3n) is 10.6. The average molecular weight is 836 g/mol. The van der Waals surface area contributed by atoms with E-state index in [4.69, 9.17) is 14.0 Å². The molecule has 1 saturated heterocycles. The van der Waals surface area contributed by atoms with Crippen LogP contribution < -0.4 is 5.32 Å². The number of unbranched alkanes of at least 4 members (excludes halogenated alkanes) is 22. The lowest BCUT2D eigenvalue weighted by atomic mass is 9.99. The van der Waals surface area contributed by atoms with Gasteiger partial charge in [-0.2, -0.15) is 8.42 Å². The van der Waals surface area contributed by atoms with Crippen molar-refractivity contribution in [1.82, 2.24) is 5.32 Å². The lowest BCUT2D eigenvalue weighted by molar-refractivity contribution is -0.298. The largest absolute Gasteiger partial charge is 0.397 e. The quantitative estimate of drug-likeness (QED) is 0.0189. The number of nitrogens with one attached hydrogen (secondary N) is 1. The normalized spacial score (nSPS) is 22.0. The van der Waals surface area contributed by atoms with Crippen molar-refractivity contribution in [3.05, 3.63) is 24.3 Å². The SMILES string of the molecule is CCCCCCCCCCCC/C=C/CC/C=C/C(O)C(COC1OC(CO)C(O)C(OS(=O)(=O)O)C1O)NC(=O)C(O)CCCCCCCCCCCCCC. The molecule has 0 saturated carbocycles. The standard InChI is InChI=1S/C43H81NO12S/c1-3-5-7-9-11-13-15-17-18-19-20-22-23-25-27-29-31-36(46)35(34-54-43-40(49)41(56-57(51,52)53)39(48)38(33-45)55-43)44-42(50)37(47)32-30-28-26-24-21-16-14-12-10-8-6-4-2/h22-23,29,31,35-41,43,45-49H,3-21,24-28,30,32-34H2,1-2H3,(H,44,50)(H,51,52,53)/b23-22+,31-29+. The molecule has 336 valence electrons. The number of aliphatic hydroxyl groups is 5. The van der Waals surface area contributed by atoms with Gasteiger partial charge in [-0.25, -0.2) is 4.18 Å². The molecule has 7 N–H and O–H groups in total. The first-order valence-corrected chi connectivity index (χ1v) is 23.7. The maximum absolute atomic E-state index is 13.1. The minimum absolute atomic E-state index is 0.239. The molecular weight excluding hydrogens is 755 g/mol. The molecular formula is C43H81NO12S. The molecule has 0 aliphatic carbocycles. The molecule has 8 atom stereocenters. The van der Waals surface area contributed by atoms with Crippen molar-refractivity contribution >= 4 is 16.3 Å². The van der Waals surface area contributed by atoms with Gasteiger partial charge in [0.2, 0.25) is 5.91 Å². The number of amides is 1. The van der Waals surface area contributed by atoms with Crippen LogP contribution in [0.25, 0.3) is 0 Å². The molecule has 0 aromatic heterocycles. The number of hydrogen-bond donors (Lipinski definition) is 7. The highest BCUT2D eigenvalue weighted by Crippen LogP contribution is 2.26. The summed E-state index contributed by atoms with van der Waals surface area (Å²) in [7, 11) is -5.12. The number of aliphatic hydroxyl groups excluding tert-OH is 5. The molecule has 0 radical (unpaired) electrons. The molecule has 0 aromatic rings. The molecule has 1 aliphatic heterocycles. The maximum Gasteiger partial charge on any atom is 0.397 e. The Morgan fingerprint density at radius 3 is 1.68 bits per heavy atom. The van der Waals surface area contributed by atoms with Gasteiger partial charge in [-0.15, -0.1) is 0 Å². The van der Waals surface area contributed by atoms with E-state index < -0.39 is 78.5 Å². The Morgan fingerprint density at radius 1 is 0.702 bits per heavy atom. The van der Waals surface area contributed by atoms with Crippen molar-refractivity contribution in [2.45, 2.75) is 230 Å². The molecule has 1 amide bonds. The Balaban J connectivity index is 2.65. The summed E-state index contributed by atoms with van der Waals surface area (Å²) < 4.78 is 47.4. The number of hydrogen-bond acceptors (Lipinski definition) is 11. The Bertz CT molecular complexity index is 1140. The number of rotatable bonds is 37. The number of ether oxygens (including phenoxy) is 2. The second kappa shape index (κ2) is 34.3. The fourth-order valence-corrected chi connectivity index (χ4v) is 7.51. The summed E-state index contributed by atoms with van der Waals surface area (Å²) in [5.74, 6) is -0.713. The van der Waals surface area contributed by atoms with Crippen LogP contribution in [0.2, 0.25) is 0 Å². The van der Waals surface area contributed by atoms with Crippen molar-refractivity contribution in [2.24, 2.45) is 0 Å². The van der Waals surface area contributed by atoms with E-state index in [1.54, 1.807) is 6.08 Å². The van der Waals surface area contributed by atoms with Crippen LogP contribution in [0.15, 0.2) is 24.3 Å². The predicted octanol–water partition coefficient (Wildman–Crippen LogP) is 7.13. The molecule has 0 aromatic carbocycles. The molecule has 1 aliphatic rings. The second-order valence-electron chi connectivity index (χ2n) is 15.8. The van der Waals surface area contributed by atoms with Crippen LogP contribution in [0.3, 0.4) is 0 Å². The summed E-state index contributed by atoms with van der Waals surface area (Å²) in [6, 6.07) is -1.13. The molecule has 57 heavy (non-hydrogen) atoms. The topological polar surface area (TPSA) is 212 Å². The highest BCUT2D eigenvalue weighted by molar-refractivity contribution is 7.80. The van der Waals surface area contributed by atoms with Crippen molar-refractivity contribution in [2.75, 3.05) is 13.2 Å². The van der Waals surface area contributed by atoms with Gasteiger partial charge >= 0.3 is 10.4 Å². The summed E-state index contributed by atoms with van der Waals surface area (Å²) in [5.41, 5.74) is 0. The summed E-state index contributed by atoms with van der Waals surface area (Å²) in [4.78, 5) is 13.1. The lowest BCUT2D eigenvalue weighted by Crippen LogP contribution is -2.61. The fraction of sp³-hybridized carbons (Fsp3) is 0.884. The zero-order valence-corrected chi connectivity index (χ0v) is 36.1. The van der Waals surface area contributed by atoms with Crippen molar-refractivity contribution in [3.63, 3.8) is 0 Å². The highest BCUT2D eigenvalue weighted by Gasteiger charge is 2.48. The first-order chi connectivity index (χ1) is 27.4. The second-order valence-corrected chi connectivity index (χ2v) is 16.8. The van der Waals surface area contributed by atoms with Crippen LogP contribution in [-0.4, -0.2) is 107 Å². The summed E-state index contributed by atoms with van der Waals surface area (Å²) in [6.07, 6.45) is 25.5. The lowest BCUT2D eigenvalue weighted by Gasteiger charge is -2.41. The van der Waals surface area contributed by atoms with E-state index in [9.17, 15) is 38.7 Å². The first-order valence-electron chi connectivity index (χ1n) is 22.3. The van der Waals surface area contributed by atoms with E-state index >= 15 is 0 Å². The fourth-order valence-electron chi connectivity index (χ4n) is 7.01. The molecule has 0 bridgehead atoms. The van der Waals surface area contributed by atoms with Crippen LogP contribution in [0.5, 0.6) is 0 Å². The van der Waals surface area contributed by atoms with Crippen molar-refractivity contribution < 1.29 is 57.0 Å². The minimum atomic E-state index is -5.12. The minimum Gasteiger partial charge on any atom is -0.394 e. The Labute approximate surface area is 345 Å². The molecule has 1 rings (SSSR count). The van der Waals surface area contributed by atoms with E-state index in [1.165, 1.54) is 115 Å². The van der Waals surface area contributed by atoms with Gasteiger partial charge < -0.3 is 40.3 Å². The first kappa shape index (κ1) is 53.6. The zero-order chi connectivity index (χ0) is 42.2.